The fourth-order valence-corrected chi connectivity index (χ4v) is 1.62. The van der Waals surface area contributed by atoms with Crippen LogP contribution >= 0.6 is 0 Å². The predicted molar refractivity (Wildman–Crippen MR) is 69.4 cm³/mol. The molecule has 19 heavy (non-hydrogen) atoms. The van der Waals surface area contributed by atoms with Gasteiger partial charge in [-0.3, -0.25) is 0 Å². The molecule has 2 rings (SSSR count). The minimum absolute atomic E-state index is 0.187. The highest BCUT2D eigenvalue weighted by atomic mass is 16.5. The van der Waals surface area contributed by atoms with Crippen molar-refractivity contribution in [1.82, 2.24) is 9.97 Å². The molecule has 0 aliphatic heterocycles. The van der Waals surface area contributed by atoms with Gasteiger partial charge in [0, 0.05) is 18.3 Å². The number of aromatic carboxylic acids is 1. The van der Waals surface area contributed by atoms with Gasteiger partial charge in [-0.2, -0.15) is 0 Å². The molecular formula is C14H14N2O3. The fraction of sp³-hybridized carbons (Fsp3) is 0.214. The first-order valence-corrected chi connectivity index (χ1v) is 5.90. The molecule has 0 bridgehead atoms. The third kappa shape index (κ3) is 3.77. The van der Waals surface area contributed by atoms with Gasteiger partial charge >= 0.3 is 5.97 Å². The third-order valence-electron chi connectivity index (χ3n) is 2.52. The molecule has 0 aliphatic carbocycles. The molecule has 1 heterocycles. The lowest BCUT2D eigenvalue weighted by molar-refractivity contribution is 0.0683. The van der Waals surface area contributed by atoms with Crippen molar-refractivity contribution in [2.24, 2.45) is 0 Å². The molecule has 1 aromatic carbocycles. The Morgan fingerprint density at radius 2 is 2.21 bits per heavy atom. The largest absolute Gasteiger partial charge is 0.493 e. The van der Waals surface area contributed by atoms with E-state index in [1.807, 2.05) is 31.2 Å². The highest BCUT2D eigenvalue weighted by Crippen LogP contribution is 2.12. The first-order chi connectivity index (χ1) is 9.15. The van der Waals surface area contributed by atoms with Crippen LogP contribution in [0.3, 0.4) is 0 Å². The van der Waals surface area contributed by atoms with Crippen LogP contribution in [-0.2, 0) is 6.42 Å². The average Bonchev–Trinajstić information content (AvgIpc) is 2.39. The Morgan fingerprint density at radius 3 is 2.95 bits per heavy atom. The van der Waals surface area contributed by atoms with Crippen LogP contribution in [-0.4, -0.2) is 27.7 Å². The molecule has 0 atom stereocenters. The van der Waals surface area contributed by atoms with Gasteiger partial charge in [-0.15, -0.1) is 0 Å². The number of ether oxygens (including phenoxy) is 1. The Morgan fingerprint density at radius 1 is 1.37 bits per heavy atom. The van der Waals surface area contributed by atoms with Gasteiger partial charge in [0.05, 0.1) is 6.61 Å². The zero-order valence-corrected chi connectivity index (χ0v) is 10.5. The quantitative estimate of drug-likeness (QED) is 0.889. The van der Waals surface area contributed by atoms with Crippen LogP contribution in [0, 0.1) is 6.92 Å². The van der Waals surface area contributed by atoms with Gasteiger partial charge in [-0.05, 0) is 30.7 Å². The van der Waals surface area contributed by atoms with Crippen molar-refractivity contribution in [3.05, 3.63) is 53.6 Å². The number of rotatable bonds is 5. The van der Waals surface area contributed by atoms with E-state index in [-0.39, 0.29) is 5.82 Å². The summed E-state index contributed by atoms with van der Waals surface area (Å²) < 4.78 is 5.58. The van der Waals surface area contributed by atoms with E-state index in [1.165, 1.54) is 6.20 Å². The number of aryl methyl sites for hydroxylation is 1. The van der Waals surface area contributed by atoms with E-state index in [0.29, 0.717) is 18.7 Å². The van der Waals surface area contributed by atoms with Crippen LogP contribution in [0.25, 0.3) is 0 Å². The van der Waals surface area contributed by atoms with Gasteiger partial charge in [-0.1, -0.05) is 12.1 Å². The first-order valence-electron chi connectivity index (χ1n) is 5.90. The number of hydrogen-bond acceptors (Lipinski definition) is 4. The van der Waals surface area contributed by atoms with Gasteiger partial charge in [0.15, 0.2) is 0 Å². The Bertz CT molecular complexity index is 584. The lowest BCUT2D eigenvalue weighted by Crippen LogP contribution is -2.08. The van der Waals surface area contributed by atoms with Crippen molar-refractivity contribution in [1.29, 1.82) is 0 Å². The Labute approximate surface area is 110 Å². The summed E-state index contributed by atoms with van der Waals surface area (Å²) in [5.74, 6) is -0.512. The van der Waals surface area contributed by atoms with Crippen molar-refractivity contribution in [2.75, 3.05) is 6.61 Å². The molecule has 98 valence electrons. The summed E-state index contributed by atoms with van der Waals surface area (Å²) >= 11 is 0. The van der Waals surface area contributed by atoms with E-state index in [9.17, 15) is 4.79 Å². The maximum absolute atomic E-state index is 10.7. The second-order valence-electron chi connectivity index (χ2n) is 4.09. The van der Waals surface area contributed by atoms with Crippen molar-refractivity contribution >= 4 is 5.97 Å². The van der Waals surface area contributed by atoms with E-state index >= 15 is 0 Å². The SMILES string of the molecule is Cc1cccc(OCCc2ccnc(C(=O)O)n2)c1. The standard InChI is InChI=1S/C14H14N2O3/c1-10-3-2-4-12(9-10)19-8-6-11-5-7-15-13(16-11)14(17)18/h2-5,7,9H,6,8H2,1H3,(H,17,18). The van der Waals surface area contributed by atoms with Crippen LogP contribution in [0.4, 0.5) is 0 Å². The van der Waals surface area contributed by atoms with Gasteiger partial charge in [0.25, 0.3) is 0 Å². The number of benzene rings is 1. The van der Waals surface area contributed by atoms with Gasteiger partial charge in [0.2, 0.25) is 5.82 Å². The lowest BCUT2D eigenvalue weighted by atomic mass is 10.2. The van der Waals surface area contributed by atoms with Gasteiger partial charge < -0.3 is 9.84 Å². The molecule has 1 N–H and O–H groups in total. The van der Waals surface area contributed by atoms with Crippen molar-refractivity contribution in [3.8, 4) is 5.75 Å². The first kappa shape index (κ1) is 13.0. The lowest BCUT2D eigenvalue weighted by Gasteiger charge is -2.06. The summed E-state index contributed by atoms with van der Waals surface area (Å²) in [5.41, 5.74) is 1.78. The smallest absolute Gasteiger partial charge is 0.373 e. The number of aromatic nitrogens is 2. The molecule has 0 aliphatic rings. The molecule has 0 saturated heterocycles. The number of carboxylic acid groups (broad SMARTS) is 1. The maximum Gasteiger partial charge on any atom is 0.373 e. The highest BCUT2D eigenvalue weighted by Gasteiger charge is 2.06. The van der Waals surface area contributed by atoms with E-state index in [1.54, 1.807) is 6.07 Å². The van der Waals surface area contributed by atoms with E-state index in [0.717, 1.165) is 11.3 Å². The minimum Gasteiger partial charge on any atom is -0.493 e. The van der Waals surface area contributed by atoms with Crippen molar-refractivity contribution in [2.45, 2.75) is 13.3 Å². The predicted octanol–water partition coefficient (Wildman–Crippen LogP) is 2.10. The topological polar surface area (TPSA) is 72.3 Å². The summed E-state index contributed by atoms with van der Waals surface area (Å²) in [6.45, 7) is 2.44. The Hall–Kier alpha value is -2.43. The highest BCUT2D eigenvalue weighted by molar-refractivity contribution is 5.82. The summed E-state index contributed by atoms with van der Waals surface area (Å²) in [7, 11) is 0. The summed E-state index contributed by atoms with van der Waals surface area (Å²) in [6.07, 6.45) is 1.98. The van der Waals surface area contributed by atoms with Crippen LogP contribution in [0.5, 0.6) is 5.75 Å². The molecular weight excluding hydrogens is 244 g/mol. The number of carbonyl (C=O) groups is 1. The molecule has 1 aromatic heterocycles. The third-order valence-corrected chi connectivity index (χ3v) is 2.52. The van der Waals surface area contributed by atoms with Gasteiger partial charge in [0.1, 0.15) is 5.75 Å². The number of hydrogen-bond donors (Lipinski definition) is 1. The maximum atomic E-state index is 10.7. The minimum atomic E-state index is -1.12. The molecule has 5 heteroatoms. The average molecular weight is 258 g/mol. The second-order valence-corrected chi connectivity index (χ2v) is 4.09. The molecule has 0 fully saturated rings. The number of carboxylic acids is 1. The zero-order valence-electron chi connectivity index (χ0n) is 10.5. The summed E-state index contributed by atoms with van der Waals surface area (Å²) in [4.78, 5) is 18.3. The Kier molecular flexibility index (Phi) is 4.07. The van der Waals surface area contributed by atoms with Crippen LogP contribution in [0.2, 0.25) is 0 Å². The molecule has 0 radical (unpaired) electrons. The fourth-order valence-electron chi connectivity index (χ4n) is 1.62. The molecule has 0 spiro atoms. The zero-order chi connectivity index (χ0) is 13.7. The molecule has 0 amide bonds. The van der Waals surface area contributed by atoms with E-state index in [4.69, 9.17) is 9.84 Å². The molecule has 2 aromatic rings. The van der Waals surface area contributed by atoms with E-state index in [2.05, 4.69) is 9.97 Å². The van der Waals surface area contributed by atoms with Crippen LogP contribution in [0.1, 0.15) is 21.9 Å². The Balaban J connectivity index is 1.92. The monoisotopic (exact) mass is 258 g/mol. The summed E-state index contributed by atoms with van der Waals surface area (Å²) in [6, 6.07) is 9.44. The van der Waals surface area contributed by atoms with Crippen LogP contribution < -0.4 is 4.74 Å². The van der Waals surface area contributed by atoms with E-state index < -0.39 is 5.97 Å². The molecule has 0 saturated carbocycles. The second kappa shape index (κ2) is 5.95. The molecule has 5 nitrogen and oxygen atoms in total. The van der Waals surface area contributed by atoms with Crippen molar-refractivity contribution < 1.29 is 14.6 Å². The normalized spacial score (nSPS) is 10.2. The van der Waals surface area contributed by atoms with Gasteiger partial charge in [-0.25, -0.2) is 14.8 Å². The summed E-state index contributed by atoms with van der Waals surface area (Å²) in [5, 5.41) is 8.79. The molecule has 0 unspecified atom stereocenters. The van der Waals surface area contributed by atoms with Crippen LogP contribution in [0.15, 0.2) is 36.5 Å². The number of nitrogens with zero attached hydrogens (tertiary/aromatic N) is 2. The van der Waals surface area contributed by atoms with Crippen molar-refractivity contribution in [3.63, 3.8) is 0 Å².